The maximum atomic E-state index is 12.9. The minimum absolute atomic E-state index is 0. The van der Waals surface area contributed by atoms with E-state index in [1.165, 1.54) is 11.1 Å². The number of rotatable bonds is 5. The number of carbonyl (C=O) groups is 2. The highest BCUT2D eigenvalue weighted by Crippen LogP contribution is 2.30. The summed E-state index contributed by atoms with van der Waals surface area (Å²) in [6.45, 7) is 2.08. The number of aliphatic hydroxyl groups is 1. The highest BCUT2D eigenvalue weighted by atomic mass is 35.5. The zero-order chi connectivity index (χ0) is 22.1. The maximum absolute atomic E-state index is 12.9. The van der Waals surface area contributed by atoms with E-state index >= 15 is 0 Å². The smallest absolute Gasteiger partial charge is 0.254 e. The molecule has 3 N–H and O–H groups in total. The van der Waals surface area contributed by atoms with Gasteiger partial charge in [0, 0.05) is 30.3 Å². The highest BCUT2D eigenvalue weighted by molar-refractivity contribution is 5.98. The average Bonchev–Trinajstić information content (AvgIpc) is 3.09. The fourth-order valence-corrected chi connectivity index (χ4v) is 5.07. The van der Waals surface area contributed by atoms with Crippen LogP contribution in [0.4, 0.5) is 0 Å². The second-order valence-electron chi connectivity index (χ2n) is 8.95. The van der Waals surface area contributed by atoms with Gasteiger partial charge in [0.25, 0.3) is 11.8 Å². The SMILES string of the molecule is Cl.O=C(NCC(O)[C@@H]1Cc2ccccc2CN1)c1ccc(C(=O)N2C3CCC2COC3)cc1. The Balaban J connectivity index is 0.00000259. The largest absolute Gasteiger partial charge is 0.390 e. The Bertz CT molecular complexity index is 983. The Hall–Kier alpha value is -2.45. The number of carbonyl (C=O) groups excluding carboxylic acids is 2. The number of hydrogen-bond acceptors (Lipinski definition) is 5. The van der Waals surface area contributed by atoms with Crippen molar-refractivity contribution < 1.29 is 19.4 Å². The van der Waals surface area contributed by atoms with Crippen molar-refractivity contribution in [2.45, 2.75) is 50.0 Å². The molecule has 33 heavy (non-hydrogen) atoms. The Morgan fingerprint density at radius 3 is 2.36 bits per heavy atom. The molecule has 2 aromatic rings. The molecule has 3 heterocycles. The van der Waals surface area contributed by atoms with E-state index in [0.29, 0.717) is 30.9 Å². The van der Waals surface area contributed by atoms with E-state index in [2.05, 4.69) is 22.8 Å². The predicted octanol–water partition coefficient (Wildman–Crippen LogP) is 1.92. The van der Waals surface area contributed by atoms with E-state index in [-0.39, 0.29) is 48.9 Å². The van der Waals surface area contributed by atoms with E-state index in [0.717, 1.165) is 19.3 Å². The number of halogens is 1. The van der Waals surface area contributed by atoms with Gasteiger partial charge in [0.1, 0.15) is 0 Å². The van der Waals surface area contributed by atoms with E-state index in [1.807, 2.05) is 17.0 Å². The third kappa shape index (κ3) is 4.92. The summed E-state index contributed by atoms with van der Waals surface area (Å²) >= 11 is 0. The lowest BCUT2D eigenvalue weighted by atomic mass is 9.93. The summed E-state index contributed by atoms with van der Waals surface area (Å²) in [6.07, 6.45) is 2.01. The molecule has 2 amide bonds. The van der Waals surface area contributed by atoms with Crippen LogP contribution in [0, 0.1) is 0 Å². The molecule has 7 nitrogen and oxygen atoms in total. The van der Waals surface area contributed by atoms with Crippen molar-refractivity contribution in [1.29, 1.82) is 0 Å². The van der Waals surface area contributed by atoms with Crippen molar-refractivity contribution in [3.63, 3.8) is 0 Å². The van der Waals surface area contributed by atoms with Crippen LogP contribution in [-0.2, 0) is 17.7 Å². The van der Waals surface area contributed by atoms with Gasteiger partial charge in [-0.25, -0.2) is 0 Å². The predicted molar refractivity (Wildman–Crippen MR) is 127 cm³/mol. The number of benzene rings is 2. The standard InChI is InChI=1S/C25H29N3O4.ClH/c29-23(22-11-18-3-1-2-4-19(18)12-26-22)13-27-24(30)16-5-7-17(8-6-16)25(31)28-20-9-10-21(28)15-32-14-20;/h1-8,20-23,26,29H,9-15H2,(H,27,30);1H/t20?,21?,22-,23?;/m0./s1. The van der Waals surface area contributed by atoms with Crippen molar-refractivity contribution >= 4 is 24.2 Å². The monoisotopic (exact) mass is 471 g/mol. The van der Waals surface area contributed by atoms with Crippen LogP contribution in [-0.4, -0.2) is 65.8 Å². The molecule has 0 spiro atoms. The fourth-order valence-electron chi connectivity index (χ4n) is 5.07. The Kier molecular flexibility index (Phi) is 7.34. The number of morpholine rings is 1. The van der Waals surface area contributed by atoms with Crippen molar-refractivity contribution in [2.24, 2.45) is 0 Å². The van der Waals surface area contributed by atoms with Crippen LogP contribution in [0.2, 0.25) is 0 Å². The summed E-state index contributed by atoms with van der Waals surface area (Å²) in [5.41, 5.74) is 3.54. The van der Waals surface area contributed by atoms with Gasteiger partial charge in [-0.3, -0.25) is 9.59 Å². The molecule has 0 saturated carbocycles. The molecule has 176 valence electrons. The number of fused-ring (bicyclic) bond motifs is 3. The summed E-state index contributed by atoms with van der Waals surface area (Å²) in [7, 11) is 0. The molecule has 8 heteroatoms. The first-order valence-electron chi connectivity index (χ1n) is 11.4. The van der Waals surface area contributed by atoms with Gasteiger partial charge in [0.15, 0.2) is 0 Å². The lowest BCUT2D eigenvalue weighted by molar-refractivity contribution is -0.00716. The van der Waals surface area contributed by atoms with Gasteiger partial charge in [-0.05, 0) is 54.7 Å². The third-order valence-corrected chi connectivity index (χ3v) is 6.92. The van der Waals surface area contributed by atoms with Crippen molar-refractivity contribution in [3.8, 4) is 0 Å². The molecular weight excluding hydrogens is 442 g/mol. The number of aliphatic hydroxyl groups excluding tert-OH is 1. The van der Waals surface area contributed by atoms with E-state index in [4.69, 9.17) is 4.74 Å². The van der Waals surface area contributed by atoms with Crippen LogP contribution in [0.25, 0.3) is 0 Å². The van der Waals surface area contributed by atoms with Crippen LogP contribution >= 0.6 is 12.4 Å². The molecule has 0 aliphatic carbocycles. The summed E-state index contributed by atoms with van der Waals surface area (Å²) in [5, 5.41) is 16.7. The Morgan fingerprint density at radius 1 is 1.03 bits per heavy atom. The van der Waals surface area contributed by atoms with E-state index in [9.17, 15) is 14.7 Å². The van der Waals surface area contributed by atoms with Gasteiger partial charge in [-0.2, -0.15) is 0 Å². The second kappa shape index (κ2) is 10.2. The first-order valence-corrected chi connectivity index (χ1v) is 11.4. The number of ether oxygens (including phenoxy) is 1. The molecule has 2 aromatic carbocycles. The summed E-state index contributed by atoms with van der Waals surface area (Å²) in [6, 6.07) is 15.2. The van der Waals surface area contributed by atoms with Gasteiger partial charge in [0.2, 0.25) is 0 Å². The summed E-state index contributed by atoms with van der Waals surface area (Å²) < 4.78 is 5.56. The molecule has 3 unspecified atom stereocenters. The van der Waals surface area contributed by atoms with Gasteiger partial charge in [0.05, 0.1) is 31.4 Å². The van der Waals surface area contributed by atoms with Crippen LogP contribution in [0.3, 0.4) is 0 Å². The van der Waals surface area contributed by atoms with Crippen LogP contribution in [0.1, 0.15) is 44.7 Å². The topological polar surface area (TPSA) is 90.9 Å². The number of nitrogens with zero attached hydrogens (tertiary/aromatic N) is 1. The Labute approximate surface area is 199 Å². The zero-order valence-electron chi connectivity index (χ0n) is 18.4. The van der Waals surface area contributed by atoms with E-state index < -0.39 is 6.10 Å². The van der Waals surface area contributed by atoms with Crippen molar-refractivity contribution in [3.05, 3.63) is 70.8 Å². The lowest BCUT2D eigenvalue weighted by Gasteiger charge is -2.34. The third-order valence-electron chi connectivity index (χ3n) is 6.92. The molecule has 2 bridgehead atoms. The van der Waals surface area contributed by atoms with Crippen LogP contribution in [0.5, 0.6) is 0 Å². The Morgan fingerprint density at radius 2 is 1.67 bits per heavy atom. The average molecular weight is 472 g/mol. The number of nitrogens with one attached hydrogen (secondary N) is 2. The van der Waals surface area contributed by atoms with Gasteiger partial charge < -0.3 is 25.4 Å². The summed E-state index contributed by atoms with van der Waals surface area (Å²) in [4.78, 5) is 27.5. The normalized spacial score (nSPS) is 24.4. The molecule has 5 rings (SSSR count). The van der Waals surface area contributed by atoms with Crippen LogP contribution < -0.4 is 10.6 Å². The molecule has 2 fully saturated rings. The van der Waals surface area contributed by atoms with Gasteiger partial charge >= 0.3 is 0 Å². The van der Waals surface area contributed by atoms with Gasteiger partial charge in [-0.1, -0.05) is 24.3 Å². The van der Waals surface area contributed by atoms with E-state index in [1.54, 1.807) is 24.3 Å². The van der Waals surface area contributed by atoms with Crippen LogP contribution in [0.15, 0.2) is 48.5 Å². The van der Waals surface area contributed by atoms with Crippen molar-refractivity contribution in [2.75, 3.05) is 19.8 Å². The van der Waals surface area contributed by atoms with Crippen molar-refractivity contribution in [1.82, 2.24) is 15.5 Å². The number of hydrogen-bond donors (Lipinski definition) is 3. The molecule has 4 atom stereocenters. The molecule has 2 saturated heterocycles. The van der Waals surface area contributed by atoms with Gasteiger partial charge in [-0.15, -0.1) is 12.4 Å². The minimum atomic E-state index is -0.690. The molecule has 0 aromatic heterocycles. The highest BCUT2D eigenvalue weighted by Gasteiger charge is 2.40. The fraction of sp³-hybridized carbons (Fsp3) is 0.440. The zero-order valence-corrected chi connectivity index (χ0v) is 19.2. The first kappa shape index (κ1) is 23.7. The quantitative estimate of drug-likeness (QED) is 0.619. The molecule has 0 radical (unpaired) electrons. The lowest BCUT2D eigenvalue weighted by Crippen LogP contribution is -2.49. The maximum Gasteiger partial charge on any atom is 0.254 e. The molecule has 3 aliphatic rings. The number of amides is 2. The molecule has 3 aliphatic heterocycles. The summed E-state index contributed by atoms with van der Waals surface area (Å²) in [5.74, 6) is -0.252. The second-order valence-corrected chi connectivity index (χ2v) is 8.95. The first-order chi connectivity index (χ1) is 15.6. The minimum Gasteiger partial charge on any atom is -0.390 e. The molecular formula is C25H30ClN3O4.